The zero-order chi connectivity index (χ0) is 13.5. The van der Waals surface area contributed by atoms with E-state index in [1.54, 1.807) is 16.8 Å². The lowest BCUT2D eigenvalue weighted by atomic mass is 9.89. The molecule has 106 valence electrons. The van der Waals surface area contributed by atoms with Gasteiger partial charge in [-0.05, 0) is 50.0 Å². The highest BCUT2D eigenvalue weighted by Crippen LogP contribution is 2.40. The molecule has 1 unspecified atom stereocenters. The van der Waals surface area contributed by atoms with Crippen LogP contribution in [0.4, 0.5) is 5.82 Å². The third-order valence-corrected chi connectivity index (χ3v) is 5.89. The molecule has 0 N–H and O–H groups in total. The Bertz CT molecular complexity index is 628. The second-order valence-electron chi connectivity index (χ2n) is 6.28. The molecule has 4 rings (SSSR count). The van der Waals surface area contributed by atoms with E-state index >= 15 is 0 Å². The molecule has 1 saturated heterocycles. The van der Waals surface area contributed by atoms with Gasteiger partial charge in [-0.3, -0.25) is 0 Å². The fourth-order valence-corrected chi connectivity index (χ4v) is 4.95. The van der Waals surface area contributed by atoms with Crippen LogP contribution in [0.5, 0.6) is 0 Å². The Morgan fingerprint density at radius 3 is 2.90 bits per heavy atom. The molecule has 0 radical (unpaired) electrons. The summed E-state index contributed by atoms with van der Waals surface area (Å²) in [5.41, 5.74) is 1.56. The smallest absolute Gasteiger partial charge is 0.141 e. The summed E-state index contributed by atoms with van der Waals surface area (Å²) in [5.74, 6) is 2.03. The van der Waals surface area contributed by atoms with Crippen LogP contribution in [0.25, 0.3) is 10.2 Å². The Kier molecular flexibility index (Phi) is 3.14. The van der Waals surface area contributed by atoms with Crippen LogP contribution in [0.15, 0.2) is 6.33 Å². The van der Waals surface area contributed by atoms with Crippen LogP contribution in [0.3, 0.4) is 0 Å². The third-order valence-electron chi connectivity index (χ3n) is 4.73. The van der Waals surface area contributed by atoms with Crippen LogP contribution in [0.1, 0.15) is 43.0 Å². The minimum Gasteiger partial charge on any atom is -0.356 e. The van der Waals surface area contributed by atoms with Gasteiger partial charge in [-0.2, -0.15) is 0 Å². The van der Waals surface area contributed by atoms with E-state index in [0.717, 1.165) is 19.0 Å². The van der Waals surface area contributed by atoms with Crippen molar-refractivity contribution in [2.24, 2.45) is 5.92 Å². The second-order valence-corrected chi connectivity index (χ2v) is 7.36. The average molecular weight is 287 g/mol. The van der Waals surface area contributed by atoms with Gasteiger partial charge in [-0.15, -0.1) is 11.3 Å². The van der Waals surface area contributed by atoms with E-state index in [1.165, 1.54) is 54.6 Å². The van der Waals surface area contributed by atoms with Crippen molar-refractivity contribution in [2.75, 3.05) is 18.0 Å². The molecule has 1 fully saturated rings. The van der Waals surface area contributed by atoms with Crippen molar-refractivity contribution in [2.45, 2.75) is 45.4 Å². The summed E-state index contributed by atoms with van der Waals surface area (Å²) in [5, 5.41) is 1.38. The van der Waals surface area contributed by atoms with E-state index in [2.05, 4.69) is 21.8 Å². The Labute approximate surface area is 124 Å². The molecule has 0 spiro atoms. The van der Waals surface area contributed by atoms with E-state index < -0.39 is 0 Å². The molecule has 2 aliphatic rings. The maximum Gasteiger partial charge on any atom is 0.141 e. The molecule has 1 aliphatic heterocycles. The number of aryl methyl sites for hydroxylation is 1. The number of aromatic nitrogens is 2. The maximum absolute atomic E-state index is 4.65. The summed E-state index contributed by atoms with van der Waals surface area (Å²) < 4.78 is 0. The van der Waals surface area contributed by atoms with Gasteiger partial charge in [0, 0.05) is 18.0 Å². The molecule has 0 saturated carbocycles. The van der Waals surface area contributed by atoms with Gasteiger partial charge in [0.1, 0.15) is 17.0 Å². The molecule has 0 aromatic carbocycles. The lowest BCUT2D eigenvalue weighted by Crippen LogP contribution is -2.30. The fraction of sp³-hybridized carbons (Fsp3) is 0.625. The van der Waals surface area contributed by atoms with Gasteiger partial charge in [-0.25, -0.2) is 9.97 Å². The van der Waals surface area contributed by atoms with Crippen LogP contribution < -0.4 is 4.90 Å². The third kappa shape index (κ3) is 2.01. The van der Waals surface area contributed by atoms with E-state index in [0.29, 0.717) is 0 Å². The van der Waals surface area contributed by atoms with E-state index in [1.807, 2.05) is 11.3 Å². The lowest BCUT2D eigenvalue weighted by molar-refractivity contribution is 0.509. The molecular weight excluding hydrogens is 266 g/mol. The van der Waals surface area contributed by atoms with Crippen molar-refractivity contribution in [3.63, 3.8) is 0 Å². The Morgan fingerprint density at radius 2 is 2.05 bits per heavy atom. The van der Waals surface area contributed by atoms with Gasteiger partial charge in [0.2, 0.25) is 0 Å². The zero-order valence-electron chi connectivity index (χ0n) is 12.1. The van der Waals surface area contributed by atoms with Crippen LogP contribution in [-0.4, -0.2) is 23.1 Å². The zero-order valence-corrected chi connectivity index (χ0v) is 12.9. The minimum absolute atomic E-state index is 0.821. The first-order valence-electron chi connectivity index (χ1n) is 7.83. The Hall–Kier alpha value is -1.16. The second kappa shape index (κ2) is 4.99. The van der Waals surface area contributed by atoms with E-state index in [4.69, 9.17) is 0 Å². The first-order valence-corrected chi connectivity index (χ1v) is 8.65. The number of rotatable bonds is 1. The highest BCUT2D eigenvalue weighted by atomic mass is 32.1. The van der Waals surface area contributed by atoms with Crippen LogP contribution in [0, 0.1) is 5.92 Å². The summed E-state index contributed by atoms with van der Waals surface area (Å²) in [7, 11) is 0. The number of hydrogen-bond donors (Lipinski definition) is 0. The monoisotopic (exact) mass is 287 g/mol. The number of anilines is 1. The van der Waals surface area contributed by atoms with Crippen molar-refractivity contribution >= 4 is 27.4 Å². The average Bonchev–Trinajstić information content (AvgIpc) is 2.85. The molecule has 0 amide bonds. The number of piperidine rings is 1. The topological polar surface area (TPSA) is 29.0 Å². The van der Waals surface area contributed by atoms with Crippen molar-refractivity contribution in [3.05, 3.63) is 16.8 Å². The Morgan fingerprint density at radius 1 is 1.20 bits per heavy atom. The Balaban J connectivity index is 1.84. The number of thiophene rings is 1. The van der Waals surface area contributed by atoms with Gasteiger partial charge < -0.3 is 4.90 Å². The fourth-order valence-electron chi connectivity index (χ4n) is 3.60. The summed E-state index contributed by atoms with van der Waals surface area (Å²) in [6.07, 6.45) is 9.49. The molecule has 20 heavy (non-hydrogen) atoms. The van der Waals surface area contributed by atoms with E-state index in [9.17, 15) is 0 Å². The summed E-state index contributed by atoms with van der Waals surface area (Å²) in [6.45, 7) is 4.69. The van der Waals surface area contributed by atoms with Crippen LogP contribution in [-0.2, 0) is 12.8 Å². The first-order chi connectivity index (χ1) is 9.83. The van der Waals surface area contributed by atoms with Gasteiger partial charge >= 0.3 is 0 Å². The van der Waals surface area contributed by atoms with Crippen molar-refractivity contribution < 1.29 is 0 Å². The van der Waals surface area contributed by atoms with Gasteiger partial charge in [0.25, 0.3) is 0 Å². The minimum atomic E-state index is 0.821. The maximum atomic E-state index is 4.65. The van der Waals surface area contributed by atoms with Crippen LogP contribution in [0.2, 0.25) is 0 Å². The standard InChI is InChI=1S/C16H21N3S/c1-11-5-6-12-13(9-11)20-16-14(12)15(17-10-18-16)19-7-3-2-4-8-19/h10-11H,2-9H2,1H3. The largest absolute Gasteiger partial charge is 0.356 e. The molecule has 1 atom stereocenters. The normalized spacial score (nSPS) is 23.1. The quantitative estimate of drug-likeness (QED) is 0.798. The highest BCUT2D eigenvalue weighted by Gasteiger charge is 2.25. The molecule has 1 aliphatic carbocycles. The van der Waals surface area contributed by atoms with Gasteiger partial charge in [0.15, 0.2) is 0 Å². The predicted octanol–water partition coefficient (Wildman–Crippen LogP) is 3.81. The van der Waals surface area contributed by atoms with Crippen molar-refractivity contribution in [3.8, 4) is 0 Å². The van der Waals surface area contributed by atoms with Gasteiger partial charge in [-0.1, -0.05) is 6.92 Å². The molecule has 3 nitrogen and oxygen atoms in total. The lowest BCUT2D eigenvalue weighted by Gasteiger charge is -2.28. The summed E-state index contributed by atoms with van der Waals surface area (Å²) >= 11 is 1.90. The molecule has 4 heteroatoms. The summed E-state index contributed by atoms with van der Waals surface area (Å²) in [6, 6.07) is 0. The van der Waals surface area contributed by atoms with Crippen molar-refractivity contribution in [1.29, 1.82) is 0 Å². The molecule has 2 aromatic rings. The number of hydrogen-bond acceptors (Lipinski definition) is 4. The number of fused-ring (bicyclic) bond motifs is 3. The first kappa shape index (κ1) is 12.6. The van der Waals surface area contributed by atoms with Gasteiger partial charge in [0.05, 0.1) is 5.39 Å². The highest BCUT2D eigenvalue weighted by molar-refractivity contribution is 7.19. The van der Waals surface area contributed by atoms with Crippen molar-refractivity contribution in [1.82, 2.24) is 9.97 Å². The SMILES string of the molecule is CC1CCc2c(sc3ncnc(N4CCCCC4)c23)C1. The molecular formula is C16H21N3S. The molecule has 2 aromatic heterocycles. The van der Waals surface area contributed by atoms with E-state index in [-0.39, 0.29) is 0 Å². The number of nitrogens with zero attached hydrogens (tertiary/aromatic N) is 3. The van der Waals surface area contributed by atoms with Crippen LogP contribution >= 0.6 is 11.3 Å². The predicted molar refractivity (Wildman–Crippen MR) is 84.7 cm³/mol. The summed E-state index contributed by atoms with van der Waals surface area (Å²) in [4.78, 5) is 14.5. The molecule has 0 bridgehead atoms. The molecule has 3 heterocycles.